The van der Waals surface area contributed by atoms with Crippen LogP contribution in [0.1, 0.15) is 30.5 Å². The Hall–Kier alpha value is 1.37. The smallest absolute Gasteiger partial charge is 1.00 e. The van der Waals surface area contributed by atoms with Gasteiger partial charge < -0.3 is 2.85 Å². The quantitative estimate of drug-likeness (QED) is 0.377. The maximum Gasteiger partial charge on any atom is 1.00 e. The molecule has 2 atom stereocenters. The van der Waals surface area contributed by atoms with Crippen molar-refractivity contribution in [2.24, 2.45) is 0 Å². The van der Waals surface area contributed by atoms with Crippen molar-refractivity contribution in [1.82, 2.24) is 0 Å². The average molecular weight is 230 g/mol. The van der Waals surface area contributed by atoms with Crippen LogP contribution in [-0.4, -0.2) is 41.7 Å². The Labute approximate surface area is 118 Å². The summed E-state index contributed by atoms with van der Waals surface area (Å²) in [5, 5.41) is 0. The average Bonchev–Trinajstić information content (AvgIpc) is 2.05. The van der Waals surface area contributed by atoms with Crippen LogP contribution in [0.25, 0.3) is 0 Å². The first-order valence-electron chi connectivity index (χ1n) is 4.56. The van der Waals surface area contributed by atoms with Crippen molar-refractivity contribution in [1.29, 1.82) is 0 Å². The van der Waals surface area contributed by atoms with Crippen molar-refractivity contribution in [2.75, 3.05) is 13.2 Å². The molecule has 0 heterocycles. The third-order valence-electron chi connectivity index (χ3n) is 1.30. The molecule has 0 aliphatic heterocycles. The van der Waals surface area contributed by atoms with Crippen molar-refractivity contribution in [3.63, 3.8) is 0 Å². The monoisotopic (exact) mass is 230 g/mol. The fraction of sp³-hybridized carbons (Fsp3) is 1.00. The molecule has 0 aromatic carbocycles. The van der Waals surface area contributed by atoms with Gasteiger partial charge in [0, 0.05) is 0 Å². The van der Waals surface area contributed by atoms with Crippen molar-refractivity contribution in [3.05, 3.63) is 0 Å². The van der Waals surface area contributed by atoms with Gasteiger partial charge >= 0.3 is 116 Å². The third kappa shape index (κ3) is 11.4. The molecule has 14 heavy (non-hydrogen) atoms. The molecule has 80 valence electrons. The summed E-state index contributed by atoms with van der Waals surface area (Å²) in [4.78, 5) is 0. The summed E-state index contributed by atoms with van der Waals surface area (Å²) >= 11 is -0.506. The number of rotatable bonds is 8. The molecule has 0 N–H and O–H groups in total. The standard InChI is InChI=1S/2C4H9O2.Al.Na.2H/c2*1-3-6-4(2)5;;;;/h2*4H,3H2,1-2H3;;;;/q2*-1;+3;+1;2*-1. The van der Waals surface area contributed by atoms with Crippen LogP contribution in [0.4, 0.5) is 0 Å². The molecule has 0 amide bonds. The van der Waals surface area contributed by atoms with E-state index in [1.54, 1.807) is 0 Å². The second-order valence-corrected chi connectivity index (χ2v) is 3.15. The van der Waals surface area contributed by atoms with Gasteiger partial charge in [-0.1, -0.05) is 0 Å². The van der Waals surface area contributed by atoms with Gasteiger partial charge in [0.25, 0.3) is 0 Å². The molecule has 4 nitrogen and oxygen atoms in total. The molecule has 0 saturated carbocycles. The van der Waals surface area contributed by atoms with E-state index >= 15 is 0 Å². The van der Waals surface area contributed by atoms with Gasteiger partial charge in [-0.25, -0.2) is 0 Å². The predicted molar refractivity (Wildman–Crippen MR) is 52.3 cm³/mol. The molecule has 0 bridgehead atoms. The fourth-order valence-electron chi connectivity index (χ4n) is 0.737. The van der Waals surface area contributed by atoms with Crippen LogP contribution in [0.2, 0.25) is 0 Å². The van der Waals surface area contributed by atoms with E-state index in [0.29, 0.717) is 13.2 Å². The van der Waals surface area contributed by atoms with Gasteiger partial charge in [0.2, 0.25) is 0 Å². The number of ether oxygens (including phenoxy) is 2. The SMILES string of the molecule is CCOC(C)[O][Al+][O]C(C)OCC.[H-].[H-].[Na+]. The first-order valence-corrected chi connectivity index (χ1v) is 5.50. The maximum absolute atomic E-state index is 5.26. The zero-order valence-electron chi connectivity index (χ0n) is 11.8. The topological polar surface area (TPSA) is 36.9 Å². The van der Waals surface area contributed by atoms with E-state index < -0.39 is 15.9 Å². The second-order valence-electron chi connectivity index (χ2n) is 2.41. The number of hydrogen-bond donors (Lipinski definition) is 0. The largest absolute Gasteiger partial charge is 1.00 e. The summed E-state index contributed by atoms with van der Waals surface area (Å²) in [5.74, 6) is 0. The van der Waals surface area contributed by atoms with E-state index in [9.17, 15) is 0 Å². The van der Waals surface area contributed by atoms with E-state index in [1.807, 2.05) is 27.7 Å². The van der Waals surface area contributed by atoms with E-state index in [0.717, 1.165) is 0 Å². The Morgan fingerprint density at radius 2 is 1.36 bits per heavy atom. The van der Waals surface area contributed by atoms with Crippen LogP contribution in [0.15, 0.2) is 0 Å². The Kier molecular flexibility index (Phi) is 15.8. The first kappa shape index (κ1) is 17.8. The van der Waals surface area contributed by atoms with Gasteiger partial charge in [0.05, 0.1) is 0 Å². The van der Waals surface area contributed by atoms with Crippen molar-refractivity contribution in [3.8, 4) is 0 Å². The zero-order chi connectivity index (χ0) is 10.1. The summed E-state index contributed by atoms with van der Waals surface area (Å²) in [6.45, 7) is 8.87. The minimum atomic E-state index is -0.506. The minimum Gasteiger partial charge on any atom is -1.00 e. The Bertz CT molecular complexity index is 114. The summed E-state index contributed by atoms with van der Waals surface area (Å²) in [5.41, 5.74) is 0. The Balaban J connectivity index is -0.000000240. The van der Waals surface area contributed by atoms with Crippen molar-refractivity contribution in [2.45, 2.75) is 40.3 Å². The molecule has 0 aromatic heterocycles. The fourth-order valence-corrected chi connectivity index (χ4v) is 1.27. The van der Waals surface area contributed by atoms with Gasteiger partial charge in [0.1, 0.15) is 0 Å². The molecule has 0 aliphatic carbocycles. The van der Waals surface area contributed by atoms with Gasteiger partial charge in [0.15, 0.2) is 0 Å². The molecule has 0 saturated heterocycles. The molecule has 2 unspecified atom stereocenters. The Morgan fingerprint density at radius 1 is 1.00 bits per heavy atom. The molecule has 6 heteroatoms. The van der Waals surface area contributed by atoms with E-state index in [4.69, 9.17) is 17.1 Å². The van der Waals surface area contributed by atoms with Crippen LogP contribution in [0.5, 0.6) is 0 Å². The third-order valence-corrected chi connectivity index (χ3v) is 2.29. The molecular weight excluding hydrogens is 210 g/mol. The van der Waals surface area contributed by atoms with Crippen LogP contribution >= 0.6 is 0 Å². The van der Waals surface area contributed by atoms with E-state index in [-0.39, 0.29) is 45.0 Å². The molecule has 0 fully saturated rings. The molecule has 0 aliphatic rings. The van der Waals surface area contributed by atoms with E-state index in [2.05, 4.69) is 0 Å². The summed E-state index contributed by atoms with van der Waals surface area (Å²) < 4.78 is 20.8. The van der Waals surface area contributed by atoms with Crippen LogP contribution in [0.3, 0.4) is 0 Å². The normalized spacial score (nSPS) is 14.0. The summed E-state index contributed by atoms with van der Waals surface area (Å²) in [7, 11) is 0. The van der Waals surface area contributed by atoms with Gasteiger partial charge in [-0.15, -0.1) is 0 Å². The Morgan fingerprint density at radius 3 is 1.64 bits per heavy atom. The maximum atomic E-state index is 5.26. The van der Waals surface area contributed by atoms with Crippen molar-refractivity contribution >= 4 is 15.9 Å². The van der Waals surface area contributed by atoms with Crippen LogP contribution in [-0.2, 0) is 17.1 Å². The minimum absolute atomic E-state index is 0. The number of hydrogen-bond acceptors (Lipinski definition) is 4. The molecule has 0 aromatic rings. The summed E-state index contributed by atoms with van der Waals surface area (Å²) in [6, 6.07) is 0. The van der Waals surface area contributed by atoms with E-state index in [1.165, 1.54) is 0 Å². The van der Waals surface area contributed by atoms with Gasteiger partial charge in [-0.05, 0) is 0 Å². The summed E-state index contributed by atoms with van der Waals surface area (Å²) in [6.07, 6.45) is -0.373. The van der Waals surface area contributed by atoms with Gasteiger partial charge in [-0.2, -0.15) is 0 Å². The van der Waals surface area contributed by atoms with Crippen LogP contribution in [0, 0.1) is 0 Å². The van der Waals surface area contributed by atoms with Crippen LogP contribution < -0.4 is 29.6 Å². The second kappa shape index (κ2) is 12.4. The van der Waals surface area contributed by atoms with Gasteiger partial charge in [-0.3, -0.25) is 0 Å². The van der Waals surface area contributed by atoms with Crippen molar-refractivity contribution < 1.29 is 49.5 Å². The molecular formula is C8H20AlNaO4. The molecule has 0 radical (unpaired) electrons. The first-order chi connectivity index (χ1) is 6.20. The molecule has 0 rings (SSSR count). The zero-order valence-corrected chi connectivity index (χ0v) is 12.9. The molecule has 0 spiro atoms. The predicted octanol–water partition coefficient (Wildman–Crippen LogP) is -1.45.